The molecule has 1 aromatic rings. The van der Waals surface area contributed by atoms with Gasteiger partial charge in [0.1, 0.15) is 0 Å². The second-order valence-electron chi connectivity index (χ2n) is 8.38. The van der Waals surface area contributed by atoms with Gasteiger partial charge in [0.2, 0.25) is 5.91 Å². The third-order valence-corrected chi connectivity index (χ3v) is 6.35. The lowest BCUT2D eigenvalue weighted by Gasteiger charge is -2.37. The molecule has 6 heteroatoms. The summed E-state index contributed by atoms with van der Waals surface area (Å²) in [4.78, 5) is 29.4. The number of rotatable bonds is 5. The molecule has 2 heterocycles. The van der Waals surface area contributed by atoms with E-state index < -0.39 is 0 Å². The standard InChI is InChI=1S/C22H31N3O2.ClH/c26-21(18-4-2-1-3-5-18)24-12-8-19(9-13-24)22(27)25-14-10-20(11-15-25)23-16-17-6-7-17;/h1-5,17,19-20,23H,6-16H2;1H. The van der Waals surface area contributed by atoms with Crippen LogP contribution in [0.3, 0.4) is 0 Å². The molecule has 3 aliphatic rings. The Bertz CT molecular complexity index is 649. The van der Waals surface area contributed by atoms with E-state index >= 15 is 0 Å². The van der Waals surface area contributed by atoms with Crippen molar-refractivity contribution in [1.82, 2.24) is 15.1 Å². The largest absolute Gasteiger partial charge is 0.342 e. The maximum Gasteiger partial charge on any atom is 0.253 e. The van der Waals surface area contributed by atoms with Crippen molar-refractivity contribution in [2.75, 3.05) is 32.7 Å². The molecule has 1 saturated carbocycles. The number of halogens is 1. The second-order valence-corrected chi connectivity index (χ2v) is 8.38. The fourth-order valence-electron chi connectivity index (χ4n) is 4.31. The van der Waals surface area contributed by atoms with E-state index in [-0.39, 0.29) is 24.2 Å². The lowest BCUT2D eigenvalue weighted by Crippen LogP contribution is -2.49. The van der Waals surface area contributed by atoms with E-state index in [2.05, 4.69) is 10.2 Å². The van der Waals surface area contributed by atoms with Gasteiger partial charge in [-0.15, -0.1) is 12.4 Å². The highest BCUT2D eigenvalue weighted by molar-refractivity contribution is 5.94. The first-order valence-electron chi connectivity index (χ1n) is 10.6. The van der Waals surface area contributed by atoms with Crippen LogP contribution in [0.4, 0.5) is 0 Å². The highest BCUT2D eigenvalue weighted by Gasteiger charge is 2.32. The number of nitrogens with one attached hydrogen (secondary N) is 1. The van der Waals surface area contributed by atoms with Gasteiger partial charge in [0.25, 0.3) is 5.91 Å². The fourth-order valence-corrected chi connectivity index (χ4v) is 4.31. The first-order valence-corrected chi connectivity index (χ1v) is 10.6. The maximum atomic E-state index is 12.9. The molecule has 0 spiro atoms. The number of likely N-dealkylation sites (tertiary alicyclic amines) is 2. The summed E-state index contributed by atoms with van der Waals surface area (Å²) in [5.74, 6) is 1.39. The minimum Gasteiger partial charge on any atom is -0.342 e. The predicted molar refractivity (Wildman–Crippen MR) is 113 cm³/mol. The van der Waals surface area contributed by atoms with Crippen LogP contribution in [0.15, 0.2) is 30.3 Å². The molecule has 0 bridgehead atoms. The Morgan fingerprint density at radius 2 is 1.46 bits per heavy atom. The third kappa shape index (κ3) is 5.26. The molecule has 0 atom stereocenters. The molecule has 0 radical (unpaired) electrons. The molecule has 2 saturated heterocycles. The Labute approximate surface area is 174 Å². The van der Waals surface area contributed by atoms with E-state index in [1.807, 2.05) is 35.2 Å². The summed E-state index contributed by atoms with van der Waals surface area (Å²) in [5, 5.41) is 3.67. The Morgan fingerprint density at radius 1 is 0.857 bits per heavy atom. The van der Waals surface area contributed by atoms with Gasteiger partial charge in [-0.05, 0) is 63.1 Å². The normalized spacial score (nSPS) is 21.3. The zero-order valence-corrected chi connectivity index (χ0v) is 17.3. The summed E-state index contributed by atoms with van der Waals surface area (Å²) >= 11 is 0. The number of carbonyl (C=O) groups is 2. The molecule has 28 heavy (non-hydrogen) atoms. The highest BCUT2D eigenvalue weighted by atomic mass is 35.5. The maximum absolute atomic E-state index is 12.9. The fraction of sp³-hybridized carbons (Fsp3) is 0.636. The summed E-state index contributed by atoms with van der Waals surface area (Å²) in [6.45, 7) is 4.29. The van der Waals surface area contributed by atoms with Gasteiger partial charge in [-0.2, -0.15) is 0 Å². The number of hydrogen-bond donors (Lipinski definition) is 1. The molecular formula is C22H32ClN3O2. The third-order valence-electron chi connectivity index (χ3n) is 6.35. The van der Waals surface area contributed by atoms with Crippen LogP contribution in [0.5, 0.6) is 0 Å². The Morgan fingerprint density at radius 3 is 2.07 bits per heavy atom. The Hall–Kier alpha value is -1.59. The van der Waals surface area contributed by atoms with Gasteiger partial charge in [-0.3, -0.25) is 9.59 Å². The minimum atomic E-state index is 0. The molecular weight excluding hydrogens is 374 g/mol. The van der Waals surface area contributed by atoms with Crippen molar-refractivity contribution in [3.63, 3.8) is 0 Å². The van der Waals surface area contributed by atoms with Crippen LogP contribution < -0.4 is 5.32 Å². The van der Waals surface area contributed by atoms with E-state index in [0.717, 1.165) is 56.8 Å². The molecule has 0 aromatic heterocycles. The zero-order valence-electron chi connectivity index (χ0n) is 16.5. The number of hydrogen-bond acceptors (Lipinski definition) is 3. The average molecular weight is 406 g/mol. The average Bonchev–Trinajstić information content (AvgIpc) is 3.57. The lowest BCUT2D eigenvalue weighted by molar-refractivity contribution is -0.138. The molecule has 3 fully saturated rings. The van der Waals surface area contributed by atoms with E-state index in [1.54, 1.807) is 0 Å². The molecule has 0 unspecified atom stereocenters. The summed E-state index contributed by atoms with van der Waals surface area (Å²) in [6.07, 6.45) is 6.49. The van der Waals surface area contributed by atoms with Gasteiger partial charge in [0.15, 0.2) is 0 Å². The monoisotopic (exact) mass is 405 g/mol. The molecule has 1 aliphatic carbocycles. The van der Waals surface area contributed by atoms with Gasteiger partial charge < -0.3 is 15.1 Å². The first kappa shape index (κ1) is 21.1. The number of piperidine rings is 2. The SMILES string of the molecule is Cl.O=C(c1ccccc1)N1CCC(C(=O)N2CCC(NCC3CC3)CC2)CC1. The minimum absolute atomic E-state index is 0. The predicted octanol–water partition coefficient (Wildman–Crippen LogP) is 2.95. The van der Waals surface area contributed by atoms with Crippen molar-refractivity contribution >= 4 is 24.2 Å². The van der Waals surface area contributed by atoms with Crippen molar-refractivity contribution in [2.45, 2.75) is 44.6 Å². The van der Waals surface area contributed by atoms with Gasteiger partial charge in [-0.25, -0.2) is 0 Å². The van der Waals surface area contributed by atoms with Crippen molar-refractivity contribution in [3.8, 4) is 0 Å². The van der Waals surface area contributed by atoms with E-state index in [4.69, 9.17) is 0 Å². The van der Waals surface area contributed by atoms with Crippen molar-refractivity contribution in [2.24, 2.45) is 11.8 Å². The Kier molecular flexibility index (Phi) is 7.36. The van der Waals surface area contributed by atoms with E-state index in [9.17, 15) is 9.59 Å². The number of carbonyl (C=O) groups excluding carboxylic acids is 2. The van der Waals surface area contributed by atoms with Crippen LogP contribution in [-0.4, -0.2) is 60.4 Å². The number of amides is 2. The van der Waals surface area contributed by atoms with Crippen LogP contribution >= 0.6 is 12.4 Å². The van der Waals surface area contributed by atoms with Crippen LogP contribution in [0, 0.1) is 11.8 Å². The Balaban J connectivity index is 0.00000225. The van der Waals surface area contributed by atoms with Crippen LogP contribution in [0.2, 0.25) is 0 Å². The quantitative estimate of drug-likeness (QED) is 0.819. The molecule has 154 valence electrons. The van der Waals surface area contributed by atoms with Crippen LogP contribution in [-0.2, 0) is 4.79 Å². The lowest BCUT2D eigenvalue weighted by atomic mass is 9.93. The van der Waals surface area contributed by atoms with E-state index in [0.29, 0.717) is 25.0 Å². The van der Waals surface area contributed by atoms with Gasteiger partial charge >= 0.3 is 0 Å². The smallest absolute Gasteiger partial charge is 0.253 e. The molecule has 2 amide bonds. The van der Waals surface area contributed by atoms with E-state index in [1.165, 1.54) is 12.8 Å². The molecule has 5 nitrogen and oxygen atoms in total. The molecule has 1 aromatic carbocycles. The number of benzene rings is 1. The summed E-state index contributed by atoms with van der Waals surface area (Å²) in [5.41, 5.74) is 0.739. The molecule has 1 N–H and O–H groups in total. The van der Waals surface area contributed by atoms with Crippen LogP contribution in [0.1, 0.15) is 48.9 Å². The van der Waals surface area contributed by atoms with Crippen LogP contribution in [0.25, 0.3) is 0 Å². The zero-order chi connectivity index (χ0) is 18.6. The van der Waals surface area contributed by atoms with Crippen molar-refractivity contribution in [1.29, 1.82) is 0 Å². The van der Waals surface area contributed by atoms with Gasteiger partial charge in [0, 0.05) is 43.7 Å². The summed E-state index contributed by atoms with van der Waals surface area (Å²) < 4.78 is 0. The van der Waals surface area contributed by atoms with Crippen molar-refractivity contribution in [3.05, 3.63) is 35.9 Å². The topological polar surface area (TPSA) is 52.7 Å². The van der Waals surface area contributed by atoms with Gasteiger partial charge in [-0.1, -0.05) is 18.2 Å². The number of nitrogens with zero attached hydrogens (tertiary/aromatic N) is 2. The molecule has 4 rings (SSSR count). The summed E-state index contributed by atoms with van der Waals surface area (Å²) in [6, 6.07) is 10.0. The summed E-state index contributed by atoms with van der Waals surface area (Å²) in [7, 11) is 0. The van der Waals surface area contributed by atoms with Gasteiger partial charge in [0.05, 0.1) is 0 Å². The van der Waals surface area contributed by atoms with Crippen molar-refractivity contribution < 1.29 is 9.59 Å². The first-order chi connectivity index (χ1) is 13.2. The molecule has 2 aliphatic heterocycles. The second kappa shape index (κ2) is 9.75. The highest BCUT2D eigenvalue weighted by Crippen LogP contribution is 2.28.